The van der Waals surface area contributed by atoms with E-state index in [1.54, 1.807) is 0 Å². The third-order valence-corrected chi connectivity index (χ3v) is 4.65. The van der Waals surface area contributed by atoms with Crippen molar-refractivity contribution in [3.05, 3.63) is 16.4 Å². The van der Waals surface area contributed by atoms with E-state index < -0.39 is 0 Å². The molecule has 0 bridgehead atoms. The van der Waals surface area contributed by atoms with Gasteiger partial charge in [-0.05, 0) is 45.3 Å². The second-order valence-electron chi connectivity index (χ2n) is 6.25. The van der Waals surface area contributed by atoms with Crippen LogP contribution in [0.1, 0.15) is 38.1 Å². The van der Waals surface area contributed by atoms with Crippen LogP contribution in [0, 0.1) is 12.8 Å². The predicted octanol–water partition coefficient (Wildman–Crippen LogP) is 2.59. The van der Waals surface area contributed by atoms with E-state index in [0.717, 1.165) is 48.5 Å². The maximum absolute atomic E-state index is 6.33. The molecule has 1 N–H and O–H groups in total. The maximum atomic E-state index is 6.33. The van der Waals surface area contributed by atoms with Crippen LogP contribution in [0.15, 0.2) is 0 Å². The molecule has 2 rings (SSSR count). The van der Waals surface area contributed by atoms with Crippen molar-refractivity contribution in [3.8, 4) is 0 Å². The molecule has 0 atom stereocenters. The van der Waals surface area contributed by atoms with Gasteiger partial charge in [0.05, 0.1) is 16.4 Å². The second kappa shape index (κ2) is 6.92. The molecule has 114 valence electrons. The van der Waals surface area contributed by atoms with Crippen LogP contribution < -0.4 is 5.32 Å². The normalized spacial score (nSPS) is 18.1. The summed E-state index contributed by atoms with van der Waals surface area (Å²) < 4.78 is 1.92. The van der Waals surface area contributed by atoms with Crippen molar-refractivity contribution >= 4 is 11.6 Å². The lowest BCUT2D eigenvalue weighted by atomic mass is 9.96. The molecule has 0 unspecified atom stereocenters. The fourth-order valence-electron chi connectivity index (χ4n) is 2.81. The molecular weight excluding hydrogens is 272 g/mol. The van der Waals surface area contributed by atoms with Crippen molar-refractivity contribution in [1.82, 2.24) is 20.0 Å². The SMILES string of the molecule is Cc1nn(C)c(CN2CCC(CNC(C)C)CC2)c1Cl. The Labute approximate surface area is 127 Å². The van der Waals surface area contributed by atoms with Crippen molar-refractivity contribution in [2.24, 2.45) is 13.0 Å². The number of rotatable bonds is 5. The zero-order chi connectivity index (χ0) is 14.7. The van der Waals surface area contributed by atoms with E-state index in [9.17, 15) is 0 Å². The molecule has 1 fully saturated rings. The minimum absolute atomic E-state index is 0.587. The van der Waals surface area contributed by atoms with Gasteiger partial charge in [-0.25, -0.2) is 0 Å². The third-order valence-electron chi connectivity index (χ3n) is 4.16. The van der Waals surface area contributed by atoms with Crippen LogP contribution in [-0.4, -0.2) is 40.4 Å². The number of nitrogens with zero attached hydrogens (tertiary/aromatic N) is 3. The van der Waals surface area contributed by atoms with Gasteiger partial charge in [0.1, 0.15) is 0 Å². The second-order valence-corrected chi connectivity index (χ2v) is 6.63. The van der Waals surface area contributed by atoms with Gasteiger partial charge in [-0.1, -0.05) is 25.4 Å². The van der Waals surface area contributed by atoms with Crippen LogP contribution in [0.3, 0.4) is 0 Å². The smallest absolute Gasteiger partial charge is 0.0860 e. The van der Waals surface area contributed by atoms with Crippen molar-refractivity contribution in [1.29, 1.82) is 0 Å². The standard InChI is InChI=1S/C15H27ClN4/c1-11(2)17-9-13-5-7-20(8-6-13)10-14-15(16)12(3)18-19(14)4/h11,13,17H,5-10H2,1-4H3. The molecule has 0 saturated carbocycles. The Morgan fingerprint density at radius 2 is 2.00 bits per heavy atom. The summed E-state index contributed by atoms with van der Waals surface area (Å²) >= 11 is 6.33. The number of aryl methyl sites for hydroxylation is 2. The monoisotopic (exact) mass is 298 g/mol. The van der Waals surface area contributed by atoms with Crippen molar-refractivity contribution in [2.45, 2.75) is 46.2 Å². The average Bonchev–Trinajstić information content (AvgIpc) is 2.64. The van der Waals surface area contributed by atoms with E-state index in [4.69, 9.17) is 11.6 Å². The van der Waals surface area contributed by atoms with Gasteiger partial charge < -0.3 is 5.32 Å². The first-order valence-corrected chi connectivity index (χ1v) is 7.99. The molecule has 4 nitrogen and oxygen atoms in total. The number of halogens is 1. The molecule has 1 aromatic rings. The van der Waals surface area contributed by atoms with Gasteiger partial charge in [0.2, 0.25) is 0 Å². The summed E-state index contributed by atoms with van der Waals surface area (Å²) in [6.07, 6.45) is 2.54. The highest BCUT2D eigenvalue weighted by Gasteiger charge is 2.21. The van der Waals surface area contributed by atoms with Crippen LogP contribution in [0.4, 0.5) is 0 Å². The third kappa shape index (κ3) is 3.96. The van der Waals surface area contributed by atoms with E-state index in [2.05, 4.69) is 29.2 Å². The Bertz CT molecular complexity index is 433. The Kier molecular flexibility index (Phi) is 5.47. The van der Waals surface area contributed by atoms with Crippen molar-refractivity contribution in [3.63, 3.8) is 0 Å². The van der Waals surface area contributed by atoms with Crippen LogP contribution in [0.2, 0.25) is 5.02 Å². The van der Waals surface area contributed by atoms with E-state index in [0.29, 0.717) is 6.04 Å². The Balaban J connectivity index is 1.82. The first-order chi connectivity index (χ1) is 9.47. The van der Waals surface area contributed by atoms with Gasteiger partial charge in [-0.2, -0.15) is 5.10 Å². The van der Waals surface area contributed by atoms with Gasteiger partial charge in [-0.15, -0.1) is 0 Å². The van der Waals surface area contributed by atoms with Gasteiger partial charge in [-0.3, -0.25) is 9.58 Å². The molecule has 0 radical (unpaired) electrons. The lowest BCUT2D eigenvalue weighted by Crippen LogP contribution is -2.38. The molecule has 1 saturated heterocycles. The van der Waals surface area contributed by atoms with Crippen molar-refractivity contribution in [2.75, 3.05) is 19.6 Å². The zero-order valence-corrected chi connectivity index (χ0v) is 13.9. The van der Waals surface area contributed by atoms with Crippen LogP contribution in [0.5, 0.6) is 0 Å². The summed E-state index contributed by atoms with van der Waals surface area (Å²) in [5.74, 6) is 0.817. The fraction of sp³-hybridized carbons (Fsp3) is 0.800. The molecule has 1 aliphatic heterocycles. The molecule has 5 heteroatoms. The molecular formula is C15H27ClN4. The summed E-state index contributed by atoms with van der Waals surface area (Å²) in [5.41, 5.74) is 2.07. The summed E-state index contributed by atoms with van der Waals surface area (Å²) in [7, 11) is 1.98. The summed E-state index contributed by atoms with van der Waals surface area (Å²) in [4.78, 5) is 2.49. The molecule has 2 heterocycles. The fourth-order valence-corrected chi connectivity index (χ4v) is 3.03. The quantitative estimate of drug-likeness (QED) is 0.907. The number of aromatic nitrogens is 2. The molecule has 1 aliphatic rings. The Hall–Kier alpha value is -0.580. The van der Waals surface area contributed by atoms with Crippen LogP contribution in [-0.2, 0) is 13.6 Å². The topological polar surface area (TPSA) is 33.1 Å². The van der Waals surface area contributed by atoms with E-state index in [1.165, 1.54) is 12.8 Å². The summed E-state index contributed by atoms with van der Waals surface area (Å²) in [6, 6.07) is 0.587. The summed E-state index contributed by atoms with van der Waals surface area (Å²) in [5, 5.41) is 8.77. The number of hydrogen-bond donors (Lipinski definition) is 1. The molecule has 0 aromatic carbocycles. The van der Waals surface area contributed by atoms with E-state index in [-0.39, 0.29) is 0 Å². The average molecular weight is 299 g/mol. The number of nitrogens with one attached hydrogen (secondary N) is 1. The van der Waals surface area contributed by atoms with E-state index in [1.807, 2.05) is 18.7 Å². The van der Waals surface area contributed by atoms with Gasteiger partial charge in [0, 0.05) is 19.6 Å². The largest absolute Gasteiger partial charge is 0.314 e. The van der Waals surface area contributed by atoms with Gasteiger partial charge in [0.25, 0.3) is 0 Å². The Morgan fingerprint density at radius 1 is 1.35 bits per heavy atom. The maximum Gasteiger partial charge on any atom is 0.0860 e. The highest BCUT2D eigenvalue weighted by Crippen LogP contribution is 2.24. The number of hydrogen-bond acceptors (Lipinski definition) is 3. The van der Waals surface area contributed by atoms with Gasteiger partial charge >= 0.3 is 0 Å². The molecule has 0 amide bonds. The summed E-state index contributed by atoms with van der Waals surface area (Å²) in [6.45, 7) is 10.8. The highest BCUT2D eigenvalue weighted by atomic mass is 35.5. The van der Waals surface area contributed by atoms with Crippen molar-refractivity contribution < 1.29 is 0 Å². The molecule has 0 aliphatic carbocycles. The molecule has 20 heavy (non-hydrogen) atoms. The Morgan fingerprint density at radius 3 is 2.50 bits per heavy atom. The zero-order valence-electron chi connectivity index (χ0n) is 13.1. The van der Waals surface area contributed by atoms with Crippen LogP contribution >= 0.6 is 11.6 Å². The molecule has 1 aromatic heterocycles. The minimum atomic E-state index is 0.587. The minimum Gasteiger partial charge on any atom is -0.314 e. The molecule has 0 spiro atoms. The lowest BCUT2D eigenvalue weighted by molar-refractivity contribution is 0.171. The number of likely N-dealkylation sites (tertiary alicyclic amines) is 1. The number of piperidine rings is 1. The predicted molar refractivity (Wildman–Crippen MR) is 84.1 cm³/mol. The first kappa shape index (κ1) is 15.8. The van der Waals surface area contributed by atoms with E-state index >= 15 is 0 Å². The highest BCUT2D eigenvalue weighted by molar-refractivity contribution is 6.31. The lowest BCUT2D eigenvalue weighted by Gasteiger charge is -2.32. The van der Waals surface area contributed by atoms with Crippen LogP contribution in [0.25, 0.3) is 0 Å². The first-order valence-electron chi connectivity index (χ1n) is 7.61. The van der Waals surface area contributed by atoms with Gasteiger partial charge in [0.15, 0.2) is 0 Å².